The van der Waals surface area contributed by atoms with Crippen molar-refractivity contribution in [2.45, 2.75) is 19.3 Å². The Hall–Kier alpha value is -2.92. The molecule has 0 aliphatic carbocycles. The van der Waals surface area contributed by atoms with Crippen LogP contribution in [0.2, 0.25) is 0 Å². The highest BCUT2D eigenvalue weighted by Crippen LogP contribution is 2.11. The number of aryl methyl sites for hydroxylation is 1. The van der Waals surface area contributed by atoms with Crippen LogP contribution >= 0.6 is 0 Å². The maximum absolute atomic E-state index is 11.9. The topological polar surface area (TPSA) is 78.4 Å². The Labute approximate surface area is 153 Å². The van der Waals surface area contributed by atoms with Crippen LogP contribution in [0.15, 0.2) is 60.7 Å². The van der Waals surface area contributed by atoms with Gasteiger partial charge < -0.3 is 15.7 Å². The molecule has 0 saturated carbocycles. The Morgan fingerprint density at radius 2 is 1.69 bits per heavy atom. The Morgan fingerprint density at radius 3 is 2.38 bits per heavy atom. The molecule has 0 radical (unpaired) electrons. The summed E-state index contributed by atoms with van der Waals surface area (Å²) in [4.78, 5) is 22.4. The number of amides is 1. The molecule has 2 aromatic rings. The molecule has 5 nitrogen and oxygen atoms in total. The zero-order valence-corrected chi connectivity index (χ0v) is 14.7. The van der Waals surface area contributed by atoms with Gasteiger partial charge in [0.05, 0.1) is 0 Å². The number of nitrogens with one attached hydrogen (secondary N) is 2. The SMILES string of the molecule is O=C(O)C=Cc1ccc(NC(=O)CCNCCCc2ccccc2)cc1. The Morgan fingerprint density at radius 1 is 0.962 bits per heavy atom. The highest BCUT2D eigenvalue weighted by Gasteiger charge is 2.02. The largest absolute Gasteiger partial charge is 0.478 e. The van der Waals surface area contributed by atoms with E-state index in [1.54, 1.807) is 24.3 Å². The summed E-state index contributed by atoms with van der Waals surface area (Å²) in [5.74, 6) is -1.03. The number of rotatable bonds is 10. The minimum atomic E-state index is -0.987. The molecule has 26 heavy (non-hydrogen) atoms. The standard InChI is InChI=1S/C21H24N2O3/c24-20(14-16-22-15-4-7-17-5-2-1-3-6-17)23-19-11-8-18(9-12-19)10-13-21(25)26/h1-3,5-6,8-13,22H,4,7,14-16H2,(H,23,24)(H,25,26). The van der Waals surface area contributed by atoms with E-state index < -0.39 is 5.97 Å². The first-order valence-corrected chi connectivity index (χ1v) is 8.69. The molecule has 136 valence electrons. The molecule has 5 heteroatoms. The number of hydrogen-bond acceptors (Lipinski definition) is 3. The van der Waals surface area contributed by atoms with E-state index in [2.05, 4.69) is 22.8 Å². The van der Waals surface area contributed by atoms with Crippen molar-refractivity contribution in [3.8, 4) is 0 Å². The highest BCUT2D eigenvalue weighted by atomic mass is 16.4. The van der Waals surface area contributed by atoms with Crippen LogP contribution in [0.4, 0.5) is 5.69 Å². The number of carboxylic acids is 1. The lowest BCUT2D eigenvalue weighted by Gasteiger charge is -2.07. The molecule has 0 fully saturated rings. The van der Waals surface area contributed by atoms with E-state index in [0.717, 1.165) is 31.0 Å². The normalized spacial score (nSPS) is 10.8. The minimum absolute atomic E-state index is 0.0469. The predicted octanol–water partition coefficient (Wildman–Crippen LogP) is 3.34. The average Bonchev–Trinajstić information content (AvgIpc) is 2.65. The fraction of sp³-hybridized carbons (Fsp3) is 0.238. The summed E-state index contributed by atoms with van der Waals surface area (Å²) in [6.07, 6.45) is 5.07. The van der Waals surface area contributed by atoms with Crippen molar-refractivity contribution in [1.82, 2.24) is 5.32 Å². The molecule has 1 amide bonds. The van der Waals surface area contributed by atoms with Gasteiger partial charge >= 0.3 is 5.97 Å². The van der Waals surface area contributed by atoms with E-state index in [1.807, 2.05) is 18.2 Å². The molecule has 0 aromatic heterocycles. The molecule has 0 aliphatic heterocycles. The first kappa shape index (κ1) is 19.4. The summed E-state index contributed by atoms with van der Waals surface area (Å²) in [6.45, 7) is 1.52. The molecule has 2 rings (SSSR count). The van der Waals surface area contributed by atoms with E-state index in [9.17, 15) is 9.59 Å². The van der Waals surface area contributed by atoms with Crippen LogP contribution in [0.3, 0.4) is 0 Å². The molecule has 0 unspecified atom stereocenters. The second kappa shape index (κ2) is 10.8. The number of carbonyl (C=O) groups is 2. The number of hydrogen-bond donors (Lipinski definition) is 3. The van der Waals surface area contributed by atoms with Crippen molar-refractivity contribution >= 4 is 23.6 Å². The molecule has 2 aromatic carbocycles. The first-order chi connectivity index (χ1) is 12.6. The minimum Gasteiger partial charge on any atom is -0.478 e. The Bertz CT molecular complexity index is 725. The van der Waals surface area contributed by atoms with Crippen LogP contribution in [-0.4, -0.2) is 30.1 Å². The maximum atomic E-state index is 11.9. The number of benzene rings is 2. The van der Waals surface area contributed by atoms with Gasteiger partial charge in [0, 0.05) is 24.7 Å². The fourth-order valence-electron chi connectivity index (χ4n) is 2.46. The van der Waals surface area contributed by atoms with Gasteiger partial charge in [-0.3, -0.25) is 4.79 Å². The van der Waals surface area contributed by atoms with Crippen LogP contribution < -0.4 is 10.6 Å². The molecule has 0 saturated heterocycles. The summed E-state index contributed by atoms with van der Waals surface area (Å²) in [5, 5.41) is 14.7. The van der Waals surface area contributed by atoms with Crippen molar-refractivity contribution in [3.63, 3.8) is 0 Å². The van der Waals surface area contributed by atoms with E-state index in [-0.39, 0.29) is 5.91 Å². The molecule has 3 N–H and O–H groups in total. The van der Waals surface area contributed by atoms with Gasteiger partial charge in [-0.05, 0) is 48.7 Å². The summed E-state index contributed by atoms with van der Waals surface area (Å²) in [7, 11) is 0. The van der Waals surface area contributed by atoms with Gasteiger partial charge in [-0.15, -0.1) is 0 Å². The molecule has 0 aliphatic rings. The van der Waals surface area contributed by atoms with Crippen LogP contribution in [0.5, 0.6) is 0 Å². The van der Waals surface area contributed by atoms with E-state index in [1.165, 1.54) is 11.6 Å². The fourth-order valence-corrected chi connectivity index (χ4v) is 2.46. The third-order valence-electron chi connectivity index (χ3n) is 3.80. The lowest BCUT2D eigenvalue weighted by atomic mass is 10.1. The van der Waals surface area contributed by atoms with Gasteiger partial charge in [0.1, 0.15) is 0 Å². The van der Waals surface area contributed by atoms with E-state index >= 15 is 0 Å². The third kappa shape index (κ3) is 7.77. The number of aliphatic carboxylic acids is 1. The Balaban J connectivity index is 1.60. The summed E-state index contributed by atoms with van der Waals surface area (Å²) in [5.41, 5.74) is 2.80. The maximum Gasteiger partial charge on any atom is 0.328 e. The van der Waals surface area contributed by atoms with Gasteiger partial charge in [0.25, 0.3) is 0 Å². The molecular formula is C21H24N2O3. The number of carboxylic acid groups (broad SMARTS) is 1. The average molecular weight is 352 g/mol. The highest BCUT2D eigenvalue weighted by molar-refractivity contribution is 5.91. The number of anilines is 1. The smallest absolute Gasteiger partial charge is 0.328 e. The zero-order valence-electron chi connectivity index (χ0n) is 14.7. The molecule has 0 atom stereocenters. The quantitative estimate of drug-likeness (QED) is 0.453. The van der Waals surface area contributed by atoms with Crippen molar-refractivity contribution in [2.75, 3.05) is 18.4 Å². The van der Waals surface area contributed by atoms with Crippen LogP contribution in [-0.2, 0) is 16.0 Å². The molecular weight excluding hydrogens is 328 g/mol. The number of carbonyl (C=O) groups excluding carboxylic acids is 1. The summed E-state index contributed by atoms with van der Waals surface area (Å²) < 4.78 is 0. The van der Waals surface area contributed by atoms with Gasteiger partial charge in [0.15, 0.2) is 0 Å². The van der Waals surface area contributed by atoms with Gasteiger partial charge in [-0.25, -0.2) is 4.79 Å². The lowest BCUT2D eigenvalue weighted by Crippen LogP contribution is -2.22. The molecule has 0 spiro atoms. The van der Waals surface area contributed by atoms with Crippen molar-refractivity contribution in [3.05, 3.63) is 71.8 Å². The molecule has 0 heterocycles. The van der Waals surface area contributed by atoms with Crippen LogP contribution in [0.25, 0.3) is 6.08 Å². The summed E-state index contributed by atoms with van der Waals surface area (Å²) in [6, 6.07) is 17.4. The van der Waals surface area contributed by atoms with Crippen LogP contribution in [0.1, 0.15) is 24.0 Å². The van der Waals surface area contributed by atoms with Crippen molar-refractivity contribution < 1.29 is 14.7 Å². The first-order valence-electron chi connectivity index (χ1n) is 8.69. The van der Waals surface area contributed by atoms with Gasteiger partial charge in [-0.1, -0.05) is 42.5 Å². The van der Waals surface area contributed by atoms with Gasteiger partial charge in [-0.2, -0.15) is 0 Å². The monoisotopic (exact) mass is 352 g/mol. The lowest BCUT2D eigenvalue weighted by molar-refractivity contribution is -0.131. The second-order valence-corrected chi connectivity index (χ2v) is 5.93. The van der Waals surface area contributed by atoms with E-state index in [0.29, 0.717) is 18.7 Å². The Kier molecular flexibility index (Phi) is 8.09. The van der Waals surface area contributed by atoms with Crippen molar-refractivity contribution in [2.24, 2.45) is 0 Å². The molecule has 0 bridgehead atoms. The van der Waals surface area contributed by atoms with Gasteiger partial charge in [0.2, 0.25) is 5.91 Å². The zero-order chi connectivity index (χ0) is 18.6. The van der Waals surface area contributed by atoms with Crippen molar-refractivity contribution in [1.29, 1.82) is 0 Å². The second-order valence-electron chi connectivity index (χ2n) is 5.93. The van der Waals surface area contributed by atoms with Crippen LogP contribution in [0, 0.1) is 0 Å². The predicted molar refractivity (Wildman–Crippen MR) is 104 cm³/mol. The third-order valence-corrected chi connectivity index (χ3v) is 3.80. The summed E-state index contributed by atoms with van der Waals surface area (Å²) >= 11 is 0. The van der Waals surface area contributed by atoms with E-state index in [4.69, 9.17) is 5.11 Å².